The van der Waals surface area contributed by atoms with Crippen LogP contribution in [0.1, 0.15) is 12.0 Å². The van der Waals surface area contributed by atoms with Gasteiger partial charge in [0.25, 0.3) is 0 Å². The minimum absolute atomic E-state index is 0.205. The Balaban J connectivity index is 1.62. The molecule has 0 unspecified atom stereocenters. The van der Waals surface area contributed by atoms with Gasteiger partial charge in [0.1, 0.15) is 6.61 Å². The van der Waals surface area contributed by atoms with E-state index < -0.39 is 0 Å². The summed E-state index contributed by atoms with van der Waals surface area (Å²) in [5, 5.41) is 14.6. The molecule has 0 spiro atoms. The Morgan fingerprint density at radius 2 is 2.16 bits per heavy atom. The number of rotatable bonds is 3. The van der Waals surface area contributed by atoms with Crippen LogP contribution in [0.25, 0.3) is 11.1 Å². The fourth-order valence-corrected chi connectivity index (χ4v) is 3.97. The number of halogens is 1. The summed E-state index contributed by atoms with van der Waals surface area (Å²) in [5.41, 5.74) is 3.01. The highest BCUT2D eigenvalue weighted by Gasteiger charge is 2.23. The number of aromatic hydroxyl groups is 1. The molecule has 2 heterocycles. The lowest BCUT2D eigenvalue weighted by Gasteiger charge is -2.22. The number of hydrogen-bond donors (Lipinski definition) is 2. The van der Waals surface area contributed by atoms with E-state index in [1.54, 1.807) is 6.07 Å². The summed E-state index contributed by atoms with van der Waals surface area (Å²) in [6, 6.07) is 11.6. The molecule has 0 saturated carbocycles. The molecule has 0 aliphatic carbocycles. The van der Waals surface area contributed by atoms with Crippen molar-refractivity contribution in [3.05, 3.63) is 47.0 Å². The van der Waals surface area contributed by atoms with Gasteiger partial charge < -0.3 is 15.2 Å². The van der Waals surface area contributed by atoms with E-state index in [-0.39, 0.29) is 5.75 Å². The summed E-state index contributed by atoms with van der Waals surface area (Å²) < 4.78 is 5.86. The highest BCUT2D eigenvalue weighted by atomic mass is 35.5. The second-order valence-electron chi connectivity index (χ2n) is 6.94. The minimum Gasteiger partial charge on any atom is -0.504 e. The van der Waals surface area contributed by atoms with Crippen molar-refractivity contribution in [3.63, 3.8) is 0 Å². The summed E-state index contributed by atoms with van der Waals surface area (Å²) >= 11 is 6.12. The molecule has 4 nitrogen and oxygen atoms in total. The summed E-state index contributed by atoms with van der Waals surface area (Å²) in [6.07, 6.45) is 1.23. The van der Waals surface area contributed by atoms with Crippen LogP contribution in [0.3, 0.4) is 0 Å². The molecule has 0 bridgehead atoms. The molecule has 4 rings (SSSR count). The van der Waals surface area contributed by atoms with Crippen LogP contribution in [-0.2, 0) is 6.54 Å². The first-order valence-electron chi connectivity index (χ1n) is 8.87. The van der Waals surface area contributed by atoms with E-state index >= 15 is 0 Å². The molecule has 2 N–H and O–H groups in total. The Morgan fingerprint density at radius 3 is 2.96 bits per heavy atom. The second kappa shape index (κ2) is 7.24. The predicted molar refractivity (Wildman–Crippen MR) is 100 cm³/mol. The third-order valence-electron chi connectivity index (χ3n) is 5.03. The summed E-state index contributed by atoms with van der Waals surface area (Å²) in [7, 11) is 0. The number of nitrogens with zero attached hydrogens (tertiary/aromatic N) is 1. The zero-order valence-corrected chi connectivity index (χ0v) is 14.9. The van der Waals surface area contributed by atoms with Crippen LogP contribution in [0.15, 0.2) is 36.4 Å². The van der Waals surface area contributed by atoms with E-state index in [0.717, 1.165) is 49.4 Å². The predicted octanol–water partition coefficient (Wildman–Crippen LogP) is 3.52. The molecule has 1 atom stereocenters. The number of fused-ring (bicyclic) bond motifs is 1. The monoisotopic (exact) mass is 358 g/mol. The highest BCUT2D eigenvalue weighted by Crippen LogP contribution is 2.38. The van der Waals surface area contributed by atoms with Gasteiger partial charge in [0, 0.05) is 30.2 Å². The van der Waals surface area contributed by atoms with E-state index in [4.69, 9.17) is 16.3 Å². The van der Waals surface area contributed by atoms with Crippen molar-refractivity contribution in [1.82, 2.24) is 10.2 Å². The van der Waals surface area contributed by atoms with Crippen molar-refractivity contribution in [2.75, 3.05) is 32.8 Å². The smallest absolute Gasteiger partial charge is 0.165 e. The molecule has 0 radical (unpaired) electrons. The van der Waals surface area contributed by atoms with Crippen molar-refractivity contribution in [2.24, 2.45) is 5.92 Å². The van der Waals surface area contributed by atoms with Gasteiger partial charge in [-0.05, 0) is 60.8 Å². The first-order chi connectivity index (χ1) is 12.2. The summed E-state index contributed by atoms with van der Waals surface area (Å²) in [6.45, 7) is 5.57. The lowest BCUT2D eigenvalue weighted by atomic mass is 10.0. The fourth-order valence-electron chi connectivity index (χ4n) is 3.78. The van der Waals surface area contributed by atoms with Crippen LogP contribution in [0, 0.1) is 5.92 Å². The van der Waals surface area contributed by atoms with Gasteiger partial charge in [-0.25, -0.2) is 0 Å². The number of phenolic OH excluding ortho intramolecular Hbond substituents is 1. The van der Waals surface area contributed by atoms with Gasteiger partial charge in [0.2, 0.25) is 0 Å². The van der Waals surface area contributed by atoms with Crippen molar-refractivity contribution < 1.29 is 9.84 Å². The number of phenols is 1. The first-order valence-corrected chi connectivity index (χ1v) is 9.24. The van der Waals surface area contributed by atoms with Crippen molar-refractivity contribution in [2.45, 2.75) is 13.0 Å². The number of nitrogens with one attached hydrogen (secondary N) is 1. The maximum Gasteiger partial charge on any atom is 0.165 e. The molecule has 2 aliphatic rings. The van der Waals surface area contributed by atoms with Crippen molar-refractivity contribution in [1.29, 1.82) is 0 Å². The van der Waals surface area contributed by atoms with Crippen LogP contribution >= 0.6 is 11.6 Å². The molecular weight excluding hydrogens is 336 g/mol. The van der Waals surface area contributed by atoms with Gasteiger partial charge in [-0.3, -0.25) is 4.90 Å². The van der Waals surface area contributed by atoms with Gasteiger partial charge in [-0.2, -0.15) is 0 Å². The maximum atomic E-state index is 10.5. The largest absolute Gasteiger partial charge is 0.504 e. The number of benzene rings is 2. The zero-order valence-electron chi connectivity index (χ0n) is 14.2. The van der Waals surface area contributed by atoms with Crippen LogP contribution in [0.4, 0.5) is 0 Å². The van der Waals surface area contributed by atoms with E-state index in [1.165, 1.54) is 6.42 Å². The lowest BCUT2D eigenvalue weighted by Crippen LogP contribution is -2.32. The van der Waals surface area contributed by atoms with E-state index in [2.05, 4.69) is 16.3 Å². The molecule has 2 aromatic carbocycles. The van der Waals surface area contributed by atoms with E-state index in [0.29, 0.717) is 23.3 Å². The summed E-state index contributed by atoms with van der Waals surface area (Å²) in [5.74, 6) is 1.53. The van der Waals surface area contributed by atoms with Gasteiger partial charge >= 0.3 is 0 Å². The van der Waals surface area contributed by atoms with Crippen LogP contribution in [0.2, 0.25) is 5.02 Å². The molecule has 132 valence electrons. The number of ether oxygens (including phenoxy) is 1. The van der Waals surface area contributed by atoms with Crippen molar-refractivity contribution >= 4 is 11.6 Å². The second-order valence-corrected chi connectivity index (χ2v) is 7.37. The highest BCUT2D eigenvalue weighted by molar-refractivity contribution is 6.30. The maximum absolute atomic E-state index is 10.5. The molecule has 0 amide bonds. The normalized spacial score (nSPS) is 20.8. The summed E-state index contributed by atoms with van der Waals surface area (Å²) in [4.78, 5) is 2.44. The van der Waals surface area contributed by atoms with Gasteiger partial charge in [0.05, 0.1) is 0 Å². The van der Waals surface area contributed by atoms with Gasteiger partial charge in [-0.15, -0.1) is 0 Å². The van der Waals surface area contributed by atoms with Crippen LogP contribution < -0.4 is 10.1 Å². The SMILES string of the molecule is Oc1cc(-c2cccc(Cl)c2)cc2c1OCCN(C[C@@H]1CCNC1)C2. The van der Waals surface area contributed by atoms with Crippen molar-refractivity contribution in [3.8, 4) is 22.6 Å². The fraction of sp³-hybridized carbons (Fsp3) is 0.400. The molecule has 0 aromatic heterocycles. The Bertz CT molecular complexity index is 759. The third-order valence-corrected chi connectivity index (χ3v) is 5.27. The quantitative estimate of drug-likeness (QED) is 0.881. The molecule has 1 saturated heterocycles. The number of hydrogen-bond acceptors (Lipinski definition) is 4. The Labute approximate surface area is 153 Å². The first kappa shape index (κ1) is 16.7. The minimum atomic E-state index is 0.205. The Kier molecular flexibility index (Phi) is 4.84. The van der Waals surface area contributed by atoms with Gasteiger partial charge in [-0.1, -0.05) is 23.7 Å². The van der Waals surface area contributed by atoms with E-state index in [9.17, 15) is 5.11 Å². The lowest BCUT2D eigenvalue weighted by molar-refractivity contribution is 0.201. The molecule has 5 heteroatoms. The standard InChI is InChI=1S/C20H23ClN2O2/c21-18-3-1-2-15(9-18)16-8-17-13-23(12-14-4-5-22-11-14)6-7-25-20(17)19(24)10-16/h1-3,8-10,14,22,24H,4-7,11-13H2/t14-/m1/s1. The molecule has 2 aromatic rings. The van der Waals surface area contributed by atoms with Crippen LogP contribution in [0.5, 0.6) is 11.5 Å². The topological polar surface area (TPSA) is 44.7 Å². The molecule has 2 aliphatic heterocycles. The molecule has 25 heavy (non-hydrogen) atoms. The van der Waals surface area contributed by atoms with E-state index in [1.807, 2.05) is 24.3 Å². The average Bonchev–Trinajstić information content (AvgIpc) is 3.01. The molecular formula is C20H23ClN2O2. The Hall–Kier alpha value is -1.75. The average molecular weight is 359 g/mol. The zero-order chi connectivity index (χ0) is 17.2. The van der Waals surface area contributed by atoms with Crippen LogP contribution in [-0.4, -0.2) is 42.8 Å². The molecule has 1 fully saturated rings. The Morgan fingerprint density at radius 1 is 1.24 bits per heavy atom. The van der Waals surface area contributed by atoms with Gasteiger partial charge in [0.15, 0.2) is 11.5 Å². The third kappa shape index (κ3) is 3.76.